The van der Waals surface area contributed by atoms with Gasteiger partial charge in [0.25, 0.3) is 0 Å². The zero-order chi connectivity index (χ0) is 10.9. The zero-order valence-electron chi connectivity index (χ0n) is 10.0. The van der Waals surface area contributed by atoms with Crippen LogP contribution in [0.15, 0.2) is 0 Å². The highest BCUT2D eigenvalue weighted by Crippen LogP contribution is 2.19. The van der Waals surface area contributed by atoms with E-state index in [1.165, 1.54) is 0 Å². The molecule has 1 amide bonds. The Kier molecular flexibility index (Phi) is 3.20. The van der Waals surface area contributed by atoms with Crippen molar-refractivity contribution in [3.63, 3.8) is 0 Å². The van der Waals surface area contributed by atoms with Crippen molar-refractivity contribution in [1.29, 1.82) is 0 Å². The minimum atomic E-state index is 0.200. The number of hydrogen-bond donors (Lipinski definition) is 0. The largest absolute Gasteiger partial charge is 0.338 e. The topological polar surface area (TPSA) is 23.6 Å². The van der Waals surface area contributed by atoms with E-state index in [9.17, 15) is 4.79 Å². The smallest absolute Gasteiger partial charge is 0.219 e. The number of carbonyl (C=O) groups is 1. The summed E-state index contributed by atoms with van der Waals surface area (Å²) in [5.74, 6) is 0.200. The Balaban J connectivity index is 2.60. The third kappa shape index (κ3) is 2.47. The third-order valence-corrected chi connectivity index (χ3v) is 2.98. The van der Waals surface area contributed by atoms with Crippen LogP contribution in [-0.4, -0.2) is 46.9 Å². The number of piperazine rings is 1. The average Bonchev–Trinajstić information content (AvgIpc) is 2.01. The van der Waals surface area contributed by atoms with Crippen LogP contribution < -0.4 is 0 Å². The van der Waals surface area contributed by atoms with Crippen molar-refractivity contribution in [2.75, 3.05) is 19.6 Å². The van der Waals surface area contributed by atoms with Crippen LogP contribution in [0.5, 0.6) is 0 Å². The van der Waals surface area contributed by atoms with Crippen LogP contribution in [-0.2, 0) is 4.79 Å². The molecule has 0 aliphatic carbocycles. The summed E-state index contributed by atoms with van der Waals surface area (Å²) in [5.41, 5.74) is 0.219. The van der Waals surface area contributed by atoms with Gasteiger partial charge in [0.2, 0.25) is 5.91 Å². The lowest BCUT2D eigenvalue weighted by Crippen LogP contribution is -2.58. The predicted octanol–water partition coefficient (Wildman–Crippen LogP) is 1.34. The maximum absolute atomic E-state index is 11.3. The Morgan fingerprint density at radius 1 is 1.29 bits per heavy atom. The van der Waals surface area contributed by atoms with Crippen molar-refractivity contribution in [2.45, 2.75) is 46.2 Å². The summed E-state index contributed by atoms with van der Waals surface area (Å²) in [6, 6.07) is 0.348. The number of nitrogens with zero attached hydrogens (tertiary/aromatic N) is 2. The highest BCUT2D eigenvalue weighted by molar-refractivity contribution is 5.73. The van der Waals surface area contributed by atoms with E-state index in [0.29, 0.717) is 6.04 Å². The van der Waals surface area contributed by atoms with Gasteiger partial charge in [-0.15, -0.1) is 0 Å². The molecule has 1 heterocycles. The summed E-state index contributed by atoms with van der Waals surface area (Å²) in [6.45, 7) is 13.3. The molecule has 82 valence electrons. The van der Waals surface area contributed by atoms with Crippen molar-refractivity contribution in [3.05, 3.63) is 0 Å². The first kappa shape index (κ1) is 11.5. The Hall–Kier alpha value is -0.570. The zero-order valence-corrected chi connectivity index (χ0v) is 10.0. The number of hydrogen-bond acceptors (Lipinski definition) is 2. The van der Waals surface area contributed by atoms with Gasteiger partial charge in [-0.05, 0) is 27.7 Å². The molecular weight excluding hydrogens is 176 g/mol. The van der Waals surface area contributed by atoms with E-state index >= 15 is 0 Å². The van der Waals surface area contributed by atoms with Gasteiger partial charge in [-0.1, -0.05) is 0 Å². The number of amides is 1. The van der Waals surface area contributed by atoms with E-state index < -0.39 is 0 Å². The number of rotatable bonds is 0. The van der Waals surface area contributed by atoms with Crippen molar-refractivity contribution in [2.24, 2.45) is 0 Å². The Labute approximate surface area is 87.1 Å². The van der Waals surface area contributed by atoms with E-state index in [1.54, 1.807) is 6.92 Å². The van der Waals surface area contributed by atoms with Crippen LogP contribution >= 0.6 is 0 Å². The molecule has 1 atom stereocenters. The van der Waals surface area contributed by atoms with Crippen LogP contribution in [0.25, 0.3) is 0 Å². The van der Waals surface area contributed by atoms with E-state index in [-0.39, 0.29) is 11.4 Å². The predicted molar refractivity (Wildman–Crippen MR) is 58.2 cm³/mol. The normalized spacial score (nSPS) is 25.2. The molecule has 0 saturated carbocycles. The van der Waals surface area contributed by atoms with Gasteiger partial charge in [0.1, 0.15) is 0 Å². The first-order valence-corrected chi connectivity index (χ1v) is 5.34. The number of carbonyl (C=O) groups excluding carboxylic acids is 1. The molecule has 0 aromatic rings. The molecule has 0 aromatic carbocycles. The molecule has 1 fully saturated rings. The van der Waals surface area contributed by atoms with Crippen molar-refractivity contribution in [3.8, 4) is 0 Å². The van der Waals surface area contributed by atoms with Gasteiger partial charge in [-0.3, -0.25) is 9.69 Å². The standard InChI is InChI=1S/C11H22N2O/c1-9-8-12(11(3,4)5)6-7-13(9)10(2)14/h9H,6-8H2,1-5H3/t9-/m0/s1. The molecular formula is C11H22N2O. The Morgan fingerprint density at radius 2 is 1.86 bits per heavy atom. The van der Waals surface area contributed by atoms with Crippen molar-refractivity contribution < 1.29 is 4.79 Å². The first-order chi connectivity index (χ1) is 6.32. The van der Waals surface area contributed by atoms with E-state index in [4.69, 9.17) is 0 Å². The molecule has 0 unspecified atom stereocenters. The summed E-state index contributed by atoms with van der Waals surface area (Å²) < 4.78 is 0. The van der Waals surface area contributed by atoms with Crippen molar-refractivity contribution in [1.82, 2.24) is 9.80 Å². The summed E-state index contributed by atoms with van der Waals surface area (Å²) in [4.78, 5) is 15.7. The molecule has 0 radical (unpaired) electrons. The maximum Gasteiger partial charge on any atom is 0.219 e. The monoisotopic (exact) mass is 198 g/mol. The quantitative estimate of drug-likeness (QED) is 0.586. The van der Waals surface area contributed by atoms with E-state index in [1.807, 2.05) is 4.90 Å². The Bertz CT molecular complexity index is 220. The highest BCUT2D eigenvalue weighted by Gasteiger charge is 2.30. The maximum atomic E-state index is 11.3. The minimum Gasteiger partial charge on any atom is -0.338 e. The van der Waals surface area contributed by atoms with Gasteiger partial charge in [0.05, 0.1) is 0 Å². The molecule has 1 saturated heterocycles. The lowest BCUT2D eigenvalue weighted by molar-refractivity contribution is -0.134. The molecule has 3 nitrogen and oxygen atoms in total. The van der Waals surface area contributed by atoms with Crippen LogP contribution in [0.2, 0.25) is 0 Å². The van der Waals surface area contributed by atoms with Gasteiger partial charge >= 0.3 is 0 Å². The summed E-state index contributed by atoms with van der Waals surface area (Å²) in [6.07, 6.45) is 0. The molecule has 14 heavy (non-hydrogen) atoms. The molecule has 0 aromatic heterocycles. The molecule has 3 heteroatoms. The SMILES string of the molecule is CC(=O)N1CCN(C(C)(C)C)C[C@@H]1C. The molecule has 0 spiro atoms. The Morgan fingerprint density at radius 3 is 2.21 bits per heavy atom. The lowest BCUT2D eigenvalue weighted by Gasteiger charge is -2.45. The minimum absolute atomic E-state index is 0.200. The second kappa shape index (κ2) is 3.89. The van der Waals surface area contributed by atoms with Gasteiger partial charge in [-0.2, -0.15) is 0 Å². The van der Waals surface area contributed by atoms with E-state index in [0.717, 1.165) is 19.6 Å². The molecule has 1 aliphatic heterocycles. The van der Waals surface area contributed by atoms with Crippen LogP contribution in [0.3, 0.4) is 0 Å². The average molecular weight is 198 g/mol. The summed E-state index contributed by atoms with van der Waals surface area (Å²) in [7, 11) is 0. The fourth-order valence-electron chi connectivity index (χ4n) is 2.03. The van der Waals surface area contributed by atoms with Crippen molar-refractivity contribution >= 4 is 5.91 Å². The fourth-order valence-corrected chi connectivity index (χ4v) is 2.03. The van der Waals surface area contributed by atoms with E-state index in [2.05, 4.69) is 32.6 Å². The van der Waals surface area contributed by atoms with Gasteiger partial charge in [0, 0.05) is 38.1 Å². The fraction of sp³-hybridized carbons (Fsp3) is 0.909. The third-order valence-electron chi connectivity index (χ3n) is 2.98. The molecule has 1 rings (SSSR count). The van der Waals surface area contributed by atoms with Gasteiger partial charge < -0.3 is 4.90 Å². The second-order valence-electron chi connectivity index (χ2n) is 5.18. The van der Waals surface area contributed by atoms with Crippen LogP contribution in [0, 0.1) is 0 Å². The lowest BCUT2D eigenvalue weighted by atomic mass is 10.0. The molecule has 0 bridgehead atoms. The highest BCUT2D eigenvalue weighted by atomic mass is 16.2. The van der Waals surface area contributed by atoms with Gasteiger partial charge in [0.15, 0.2) is 0 Å². The van der Waals surface area contributed by atoms with Gasteiger partial charge in [-0.25, -0.2) is 0 Å². The molecule has 1 aliphatic rings. The summed E-state index contributed by atoms with van der Waals surface area (Å²) in [5, 5.41) is 0. The summed E-state index contributed by atoms with van der Waals surface area (Å²) >= 11 is 0. The second-order valence-corrected chi connectivity index (χ2v) is 5.18. The van der Waals surface area contributed by atoms with Crippen LogP contribution in [0.4, 0.5) is 0 Å². The first-order valence-electron chi connectivity index (χ1n) is 5.34. The van der Waals surface area contributed by atoms with Crippen LogP contribution in [0.1, 0.15) is 34.6 Å². The molecule has 0 N–H and O–H groups in total.